The van der Waals surface area contributed by atoms with E-state index in [0.717, 1.165) is 4.47 Å². The molecule has 16 heavy (non-hydrogen) atoms. The molecule has 1 amide bonds. The molecule has 0 aliphatic rings. The van der Waals surface area contributed by atoms with Crippen molar-refractivity contribution in [3.05, 3.63) is 39.2 Å². The summed E-state index contributed by atoms with van der Waals surface area (Å²) in [5.41, 5.74) is 0.365. The molecule has 2 N–H and O–H groups in total. The van der Waals surface area contributed by atoms with Crippen LogP contribution in [-0.2, 0) is 0 Å². The second-order valence-corrected chi connectivity index (χ2v) is 4.68. The predicted molar refractivity (Wildman–Crippen MR) is 66.2 cm³/mol. The molecule has 0 atom stereocenters. The Morgan fingerprint density at radius 3 is 2.69 bits per heavy atom. The topological polar surface area (TPSA) is 70.7 Å². The number of carbonyl (C=O) groups is 1. The lowest BCUT2D eigenvalue weighted by atomic mass is 10.4. The molecule has 2 rings (SSSR count). The van der Waals surface area contributed by atoms with Crippen LogP contribution in [0.4, 0.5) is 5.82 Å². The van der Waals surface area contributed by atoms with Crippen LogP contribution < -0.4 is 5.32 Å². The maximum Gasteiger partial charge on any atom is 0.275 e. The number of halogens is 2. The quantitative estimate of drug-likeness (QED) is 0.878. The van der Waals surface area contributed by atoms with E-state index in [-0.39, 0.29) is 5.91 Å². The summed E-state index contributed by atoms with van der Waals surface area (Å²) in [5, 5.41) is 8.97. The zero-order valence-corrected chi connectivity index (χ0v) is 11.0. The minimum atomic E-state index is -0.292. The molecule has 0 aromatic carbocycles. The Balaban J connectivity index is 2.14. The molecule has 0 bridgehead atoms. The van der Waals surface area contributed by atoms with E-state index in [1.165, 1.54) is 6.20 Å². The molecule has 0 saturated carbocycles. The number of carbonyl (C=O) groups excluding carboxylic acids is 1. The minimum absolute atomic E-state index is 0.292. The number of nitrogens with zero attached hydrogens (tertiary/aromatic N) is 2. The van der Waals surface area contributed by atoms with Crippen LogP contribution in [0.25, 0.3) is 0 Å². The van der Waals surface area contributed by atoms with Crippen molar-refractivity contribution in [3.8, 4) is 0 Å². The summed E-state index contributed by atoms with van der Waals surface area (Å²) in [6, 6.07) is 3.50. The molecule has 0 saturated heterocycles. The van der Waals surface area contributed by atoms with E-state index in [0.29, 0.717) is 16.0 Å². The van der Waals surface area contributed by atoms with Crippen LogP contribution in [-0.4, -0.2) is 21.1 Å². The van der Waals surface area contributed by atoms with Crippen LogP contribution in [0.2, 0.25) is 0 Å². The van der Waals surface area contributed by atoms with Crippen molar-refractivity contribution in [3.63, 3.8) is 0 Å². The molecule has 0 unspecified atom stereocenters. The number of aromatic nitrogens is 3. The largest absolute Gasteiger partial charge is 0.305 e. The summed E-state index contributed by atoms with van der Waals surface area (Å²) >= 11 is 6.47. The van der Waals surface area contributed by atoms with Gasteiger partial charge in [0, 0.05) is 10.7 Å². The minimum Gasteiger partial charge on any atom is -0.305 e. The summed E-state index contributed by atoms with van der Waals surface area (Å²) in [5.74, 6) is 0.189. The Bertz CT molecular complexity index is 508. The Morgan fingerprint density at radius 2 is 2.12 bits per heavy atom. The molecule has 0 fully saturated rings. The first kappa shape index (κ1) is 11.3. The predicted octanol–water partition coefficient (Wildman–Crippen LogP) is 2.58. The SMILES string of the molecule is O=C(Nc1ccc(Br)cn1)c1[nH]ncc1Br. The van der Waals surface area contributed by atoms with E-state index in [4.69, 9.17) is 0 Å². The number of hydrogen-bond acceptors (Lipinski definition) is 3. The van der Waals surface area contributed by atoms with Gasteiger partial charge in [0.15, 0.2) is 0 Å². The van der Waals surface area contributed by atoms with Crippen LogP contribution in [0.15, 0.2) is 33.5 Å². The number of hydrogen-bond donors (Lipinski definition) is 2. The van der Waals surface area contributed by atoms with E-state index >= 15 is 0 Å². The van der Waals surface area contributed by atoms with Gasteiger partial charge in [-0.2, -0.15) is 5.10 Å². The molecule has 0 aliphatic carbocycles. The van der Waals surface area contributed by atoms with Crippen molar-refractivity contribution in [1.82, 2.24) is 15.2 Å². The summed E-state index contributed by atoms with van der Waals surface area (Å²) in [6.07, 6.45) is 3.13. The number of amides is 1. The summed E-state index contributed by atoms with van der Waals surface area (Å²) < 4.78 is 1.47. The lowest BCUT2D eigenvalue weighted by Gasteiger charge is -2.02. The molecule has 0 aliphatic heterocycles. The van der Waals surface area contributed by atoms with Gasteiger partial charge in [-0.05, 0) is 44.0 Å². The van der Waals surface area contributed by atoms with Crippen LogP contribution in [0, 0.1) is 0 Å². The molecular weight excluding hydrogens is 340 g/mol. The highest BCUT2D eigenvalue weighted by Gasteiger charge is 2.12. The van der Waals surface area contributed by atoms with Gasteiger partial charge < -0.3 is 5.32 Å². The standard InChI is InChI=1S/C9H6Br2N4O/c10-5-1-2-7(12-3-5)14-9(16)8-6(11)4-13-15-8/h1-4H,(H,13,15)(H,12,14,16). The van der Waals surface area contributed by atoms with E-state index < -0.39 is 0 Å². The Hall–Kier alpha value is -1.21. The number of rotatable bonds is 2. The van der Waals surface area contributed by atoms with Gasteiger partial charge in [0.05, 0.1) is 10.7 Å². The van der Waals surface area contributed by atoms with Crippen molar-refractivity contribution in [2.45, 2.75) is 0 Å². The van der Waals surface area contributed by atoms with Gasteiger partial charge in [0.2, 0.25) is 0 Å². The zero-order chi connectivity index (χ0) is 11.5. The third-order valence-electron chi connectivity index (χ3n) is 1.79. The van der Waals surface area contributed by atoms with Gasteiger partial charge >= 0.3 is 0 Å². The Labute approximate surface area is 108 Å². The number of H-pyrrole nitrogens is 1. The fourth-order valence-electron chi connectivity index (χ4n) is 1.06. The van der Waals surface area contributed by atoms with Gasteiger partial charge in [-0.25, -0.2) is 4.98 Å². The van der Waals surface area contributed by atoms with Gasteiger partial charge in [-0.15, -0.1) is 0 Å². The number of pyridine rings is 1. The fraction of sp³-hybridized carbons (Fsp3) is 0. The molecule has 2 aromatic rings. The third-order valence-corrected chi connectivity index (χ3v) is 2.86. The molecule has 2 heterocycles. The van der Waals surface area contributed by atoms with Crippen molar-refractivity contribution in [2.75, 3.05) is 5.32 Å². The molecule has 82 valence electrons. The second kappa shape index (κ2) is 4.75. The third kappa shape index (κ3) is 2.48. The Morgan fingerprint density at radius 1 is 1.31 bits per heavy atom. The first-order chi connectivity index (χ1) is 7.66. The fourth-order valence-corrected chi connectivity index (χ4v) is 1.66. The normalized spacial score (nSPS) is 10.1. The average Bonchev–Trinajstić information content (AvgIpc) is 2.68. The van der Waals surface area contributed by atoms with Crippen molar-refractivity contribution in [1.29, 1.82) is 0 Å². The maximum absolute atomic E-state index is 11.7. The van der Waals surface area contributed by atoms with E-state index in [1.54, 1.807) is 18.3 Å². The average molecular weight is 346 g/mol. The number of aromatic amines is 1. The maximum atomic E-state index is 11.7. The first-order valence-electron chi connectivity index (χ1n) is 4.28. The first-order valence-corrected chi connectivity index (χ1v) is 5.87. The highest BCUT2D eigenvalue weighted by molar-refractivity contribution is 9.10. The van der Waals surface area contributed by atoms with Gasteiger partial charge in [-0.1, -0.05) is 0 Å². The molecule has 5 nitrogen and oxygen atoms in total. The highest BCUT2D eigenvalue weighted by atomic mass is 79.9. The van der Waals surface area contributed by atoms with E-state index in [2.05, 4.69) is 52.4 Å². The van der Waals surface area contributed by atoms with E-state index in [1.807, 2.05) is 0 Å². The highest BCUT2D eigenvalue weighted by Crippen LogP contribution is 2.15. The summed E-state index contributed by atoms with van der Waals surface area (Å²) in [7, 11) is 0. The van der Waals surface area contributed by atoms with Crippen molar-refractivity contribution >= 4 is 43.6 Å². The molecule has 2 aromatic heterocycles. The molecule has 7 heteroatoms. The second-order valence-electron chi connectivity index (χ2n) is 2.91. The van der Waals surface area contributed by atoms with E-state index in [9.17, 15) is 4.79 Å². The number of nitrogens with one attached hydrogen (secondary N) is 2. The summed E-state index contributed by atoms with van der Waals surface area (Å²) in [6.45, 7) is 0. The zero-order valence-electron chi connectivity index (χ0n) is 7.87. The van der Waals surface area contributed by atoms with Crippen LogP contribution in [0.5, 0.6) is 0 Å². The monoisotopic (exact) mass is 344 g/mol. The number of anilines is 1. The van der Waals surface area contributed by atoms with Gasteiger partial charge in [-0.3, -0.25) is 9.89 Å². The molecule has 0 radical (unpaired) electrons. The smallest absolute Gasteiger partial charge is 0.275 e. The summed E-state index contributed by atoms with van der Waals surface area (Å²) in [4.78, 5) is 15.7. The lowest BCUT2D eigenvalue weighted by molar-refractivity contribution is 0.102. The van der Waals surface area contributed by atoms with Crippen LogP contribution >= 0.6 is 31.9 Å². The van der Waals surface area contributed by atoms with Gasteiger partial charge in [0.1, 0.15) is 11.5 Å². The van der Waals surface area contributed by atoms with Crippen LogP contribution in [0.1, 0.15) is 10.5 Å². The molecule has 0 spiro atoms. The lowest BCUT2D eigenvalue weighted by Crippen LogP contribution is -2.13. The molecular formula is C9H6Br2N4O. The van der Waals surface area contributed by atoms with Crippen LogP contribution in [0.3, 0.4) is 0 Å². The van der Waals surface area contributed by atoms with Crippen molar-refractivity contribution < 1.29 is 4.79 Å². The Kier molecular flexibility index (Phi) is 3.35. The van der Waals surface area contributed by atoms with Gasteiger partial charge in [0.25, 0.3) is 5.91 Å². The van der Waals surface area contributed by atoms with Crippen molar-refractivity contribution in [2.24, 2.45) is 0 Å².